The van der Waals surface area contributed by atoms with Crippen LogP contribution in [-0.4, -0.2) is 40.9 Å². The second-order valence-electron chi connectivity index (χ2n) is 4.13. The number of hydrogen-bond acceptors (Lipinski definition) is 3. The number of carbonyl (C=O) groups excluding carboxylic acids is 2. The van der Waals surface area contributed by atoms with E-state index < -0.39 is 17.9 Å². The molecule has 0 saturated carbocycles. The van der Waals surface area contributed by atoms with Gasteiger partial charge in [-0.05, 0) is 19.4 Å². The van der Waals surface area contributed by atoms with E-state index in [0.29, 0.717) is 18.7 Å². The summed E-state index contributed by atoms with van der Waals surface area (Å²) < 4.78 is 0. The van der Waals surface area contributed by atoms with Crippen molar-refractivity contribution in [1.82, 2.24) is 10.2 Å². The molecular formula is C14H18N2O4. The molecule has 0 fully saturated rings. The number of aliphatic carboxylic acids is 1. The maximum atomic E-state index is 12.4. The van der Waals surface area contributed by atoms with Gasteiger partial charge in [-0.1, -0.05) is 30.3 Å². The molecule has 1 rings (SSSR count). The lowest BCUT2D eigenvalue weighted by Crippen LogP contribution is -2.44. The van der Waals surface area contributed by atoms with E-state index in [1.807, 2.05) is 13.8 Å². The molecule has 0 radical (unpaired) electrons. The second kappa shape index (κ2) is 7.28. The van der Waals surface area contributed by atoms with Crippen LogP contribution in [0.3, 0.4) is 0 Å². The van der Waals surface area contributed by atoms with Gasteiger partial charge in [-0.15, -0.1) is 0 Å². The van der Waals surface area contributed by atoms with Crippen LogP contribution in [0, 0.1) is 0 Å². The van der Waals surface area contributed by atoms with Crippen molar-refractivity contribution >= 4 is 17.8 Å². The summed E-state index contributed by atoms with van der Waals surface area (Å²) in [6.07, 6.45) is 0. The highest BCUT2D eigenvalue weighted by atomic mass is 16.4. The molecule has 0 aliphatic heterocycles. The van der Waals surface area contributed by atoms with E-state index in [2.05, 4.69) is 5.32 Å². The van der Waals surface area contributed by atoms with Gasteiger partial charge in [0, 0.05) is 13.1 Å². The van der Waals surface area contributed by atoms with E-state index in [-0.39, 0.29) is 5.91 Å². The van der Waals surface area contributed by atoms with Gasteiger partial charge in [0.05, 0.1) is 0 Å². The molecule has 6 nitrogen and oxygen atoms in total. The molecule has 0 bridgehead atoms. The fourth-order valence-corrected chi connectivity index (χ4v) is 1.84. The number of rotatable bonds is 5. The number of carboxylic acid groups (broad SMARTS) is 1. The van der Waals surface area contributed by atoms with Gasteiger partial charge in [-0.2, -0.15) is 0 Å². The van der Waals surface area contributed by atoms with Gasteiger partial charge in [0.25, 0.3) is 0 Å². The third kappa shape index (κ3) is 3.81. The molecule has 0 aromatic heterocycles. The summed E-state index contributed by atoms with van der Waals surface area (Å²) in [5.74, 6) is -3.13. The van der Waals surface area contributed by atoms with E-state index in [9.17, 15) is 14.4 Å². The third-order valence-corrected chi connectivity index (χ3v) is 2.92. The van der Waals surface area contributed by atoms with Crippen molar-refractivity contribution in [2.45, 2.75) is 19.9 Å². The Bertz CT molecular complexity index is 483. The molecule has 1 aromatic rings. The summed E-state index contributed by atoms with van der Waals surface area (Å²) in [5.41, 5.74) is 0.555. The fourth-order valence-electron chi connectivity index (χ4n) is 1.84. The highest BCUT2D eigenvalue weighted by Gasteiger charge is 2.28. The number of carbonyl (C=O) groups is 3. The van der Waals surface area contributed by atoms with Gasteiger partial charge in [0.2, 0.25) is 5.91 Å². The Kier molecular flexibility index (Phi) is 5.71. The Labute approximate surface area is 117 Å². The monoisotopic (exact) mass is 278 g/mol. The van der Waals surface area contributed by atoms with Crippen molar-refractivity contribution in [3.05, 3.63) is 35.9 Å². The van der Waals surface area contributed by atoms with Crippen LogP contribution in [0.2, 0.25) is 0 Å². The highest BCUT2D eigenvalue weighted by Crippen LogP contribution is 2.15. The zero-order chi connectivity index (χ0) is 15.1. The van der Waals surface area contributed by atoms with Crippen LogP contribution in [0.15, 0.2) is 30.3 Å². The van der Waals surface area contributed by atoms with Crippen molar-refractivity contribution in [2.75, 3.05) is 13.1 Å². The van der Waals surface area contributed by atoms with Gasteiger partial charge in [0.15, 0.2) is 0 Å². The maximum absolute atomic E-state index is 12.4. The van der Waals surface area contributed by atoms with E-state index >= 15 is 0 Å². The zero-order valence-corrected chi connectivity index (χ0v) is 11.5. The minimum atomic E-state index is -1.61. The SMILES string of the molecule is CCN(CC)C(=O)C(NC(=O)C(=O)O)c1ccccc1. The van der Waals surface area contributed by atoms with Gasteiger partial charge in [-0.25, -0.2) is 4.79 Å². The zero-order valence-electron chi connectivity index (χ0n) is 11.5. The third-order valence-electron chi connectivity index (χ3n) is 2.92. The maximum Gasteiger partial charge on any atom is 0.394 e. The lowest BCUT2D eigenvalue weighted by atomic mass is 10.1. The minimum absolute atomic E-state index is 0.323. The van der Waals surface area contributed by atoms with Crippen LogP contribution in [0.5, 0.6) is 0 Å². The Hall–Kier alpha value is -2.37. The Balaban J connectivity index is 3.04. The normalized spacial score (nSPS) is 11.5. The Morgan fingerprint density at radius 3 is 2.15 bits per heavy atom. The molecule has 0 spiro atoms. The van der Waals surface area contributed by atoms with E-state index in [1.54, 1.807) is 35.2 Å². The number of nitrogens with one attached hydrogen (secondary N) is 1. The molecular weight excluding hydrogens is 260 g/mol. The summed E-state index contributed by atoms with van der Waals surface area (Å²) in [6, 6.07) is 7.60. The molecule has 0 heterocycles. The Morgan fingerprint density at radius 1 is 1.15 bits per heavy atom. The first kappa shape index (κ1) is 15.7. The molecule has 0 saturated heterocycles. The molecule has 0 aliphatic rings. The highest BCUT2D eigenvalue weighted by molar-refractivity contribution is 6.32. The van der Waals surface area contributed by atoms with Crippen LogP contribution in [0.1, 0.15) is 25.5 Å². The molecule has 1 aromatic carbocycles. The summed E-state index contributed by atoms with van der Waals surface area (Å²) in [6.45, 7) is 4.62. The molecule has 2 N–H and O–H groups in total. The second-order valence-corrected chi connectivity index (χ2v) is 4.13. The molecule has 20 heavy (non-hydrogen) atoms. The quantitative estimate of drug-likeness (QED) is 0.780. The predicted octanol–water partition coefficient (Wildman–Crippen LogP) is 0.797. The number of carboxylic acids is 1. The first-order valence-corrected chi connectivity index (χ1v) is 6.38. The minimum Gasteiger partial charge on any atom is -0.474 e. The van der Waals surface area contributed by atoms with Crippen LogP contribution < -0.4 is 5.32 Å². The number of benzene rings is 1. The molecule has 0 aliphatic carbocycles. The van der Waals surface area contributed by atoms with Crippen LogP contribution in [0.25, 0.3) is 0 Å². The van der Waals surface area contributed by atoms with Crippen molar-refractivity contribution in [1.29, 1.82) is 0 Å². The first-order chi connectivity index (χ1) is 9.51. The fraction of sp³-hybridized carbons (Fsp3) is 0.357. The first-order valence-electron chi connectivity index (χ1n) is 6.38. The predicted molar refractivity (Wildman–Crippen MR) is 72.9 cm³/mol. The van der Waals surface area contributed by atoms with Gasteiger partial charge < -0.3 is 15.3 Å². The topological polar surface area (TPSA) is 86.7 Å². The lowest BCUT2D eigenvalue weighted by Gasteiger charge is -2.25. The smallest absolute Gasteiger partial charge is 0.394 e. The van der Waals surface area contributed by atoms with Gasteiger partial charge >= 0.3 is 11.9 Å². The van der Waals surface area contributed by atoms with Crippen molar-refractivity contribution in [3.8, 4) is 0 Å². The number of nitrogens with zero attached hydrogens (tertiary/aromatic N) is 1. The Morgan fingerprint density at radius 2 is 1.70 bits per heavy atom. The standard InChI is InChI=1S/C14H18N2O4/c1-3-16(4-2)13(18)11(15-12(17)14(19)20)10-8-6-5-7-9-10/h5-9,11H,3-4H2,1-2H3,(H,15,17)(H,19,20). The van der Waals surface area contributed by atoms with E-state index in [0.717, 1.165) is 0 Å². The number of amides is 2. The van der Waals surface area contributed by atoms with Crippen molar-refractivity contribution < 1.29 is 19.5 Å². The van der Waals surface area contributed by atoms with Crippen molar-refractivity contribution in [2.24, 2.45) is 0 Å². The van der Waals surface area contributed by atoms with Gasteiger partial charge in [-0.3, -0.25) is 9.59 Å². The summed E-state index contributed by atoms with van der Waals surface area (Å²) in [4.78, 5) is 35.9. The van der Waals surface area contributed by atoms with Gasteiger partial charge in [0.1, 0.15) is 6.04 Å². The molecule has 108 valence electrons. The van der Waals surface area contributed by atoms with Crippen LogP contribution in [-0.2, 0) is 14.4 Å². The van der Waals surface area contributed by atoms with Crippen LogP contribution >= 0.6 is 0 Å². The van der Waals surface area contributed by atoms with Crippen molar-refractivity contribution in [3.63, 3.8) is 0 Å². The molecule has 2 amide bonds. The largest absolute Gasteiger partial charge is 0.474 e. The average molecular weight is 278 g/mol. The number of likely N-dealkylation sites (N-methyl/N-ethyl adjacent to an activating group) is 1. The summed E-state index contributed by atoms with van der Waals surface area (Å²) >= 11 is 0. The molecule has 1 unspecified atom stereocenters. The lowest BCUT2D eigenvalue weighted by molar-refractivity contribution is -0.151. The van der Waals surface area contributed by atoms with E-state index in [1.165, 1.54) is 0 Å². The van der Waals surface area contributed by atoms with E-state index in [4.69, 9.17) is 5.11 Å². The summed E-state index contributed by atoms with van der Waals surface area (Å²) in [5, 5.41) is 10.9. The molecule has 1 atom stereocenters. The number of hydrogen-bond donors (Lipinski definition) is 2. The average Bonchev–Trinajstić information content (AvgIpc) is 2.46. The van der Waals surface area contributed by atoms with Crippen LogP contribution in [0.4, 0.5) is 0 Å². The molecule has 6 heteroatoms. The summed E-state index contributed by atoms with van der Waals surface area (Å²) in [7, 11) is 0.